The van der Waals surface area contributed by atoms with Gasteiger partial charge >= 0.3 is 0 Å². The summed E-state index contributed by atoms with van der Waals surface area (Å²) in [4.78, 5) is 0. The monoisotopic (exact) mass is 306 g/mol. The average Bonchev–Trinajstić information content (AvgIpc) is 2.93. The first-order chi connectivity index (χ1) is 11.8. The van der Waals surface area contributed by atoms with Crippen molar-refractivity contribution < 1.29 is 0 Å². The van der Waals surface area contributed by atoms with Crippen LogP contribution in [0.1, 0.15) is 23.6 Å². The lowest BCUT2D eigenvalue weighted by Crippen LogP contribution is -2.22. The molecule has 1 atom stereocenters. The van der Waals surface area contributed by atoms with Gasteiger partial charge in [0.1, 0.15) is 0 Å². The van der Waals surface area contributed by atoms with Gasteiger partial charge in [0.05, 0.1) is 0 Å². The molecule has 0 heterocycles. The Morgan fingerprint density at radius 1 is 0.583 bits per heavy atom. The fourth-order valence-electron chi connectivity index (χ4n) is 4.34. The van der Waals surface area contributed by atoms with Crippen molar-refractivity contribution >= 4 is 10.8 Å². The topological polar surface area (TPSA) is 0 Å². The normalized spacial score (nSPS) is 18.4. The van der Waals surface area contributed by atoms with Crippen molar-refractivity contribution in [2.75, 3.05) is 0 Å². The maximum atomic E-state index is 2.36. The lowest BCUT2D eigenvalue weighted by Gasteiger charge is -2.28. The van der Waals surface area contributed by atoms with E-state index in [1.54, 1.807) is 0 Å². The van der Waals surface area contributed by atoms with Gasteiger partial charge in [0.2, 0.25) is 0 Å². The van der Waals surface area contributed by atoms with Crippen molar-refractivity contribution in [1.29, 1.82) is 0 Å². The Balaban J connectivity index is 1.95. The second-order valence-electron chi connectivity index (χ2n) is 6.75. The maximum Gasteiger partial charge on any atom is 0.0435 e. The van der Waals surface area contributed by atoms with Crippen LogP contribution in [0.25, 0.3) is 21.9 Å². The second-order valence-corrected chi connectivity index (χ2v) is 6.75. The molecule has 0 fully saturated rings. The fourth-order valence-corrected chi connectivity index (χ4v) is 4.34. The molecule has 4 aromatic rings. The zero-order valence-electron chi connectivity index (χ0n) is 13.7. The maximum absolute atomic E-state index is 2.36. The van der Waals surface area contributed by atoms with E-state index in [4.69, 9.17) is 0 Å². The third-order valence-electron chi connectivity index (χ3n) is 5.55. The van der Waals surface area contributed by atoms with Crippen LogP contribution >= 0.6 is 0 Å². The van der Waals surface area contributed by atoms with E-state index in [0.717, 1.165) is 0 Å². The van der Waals surface area contributed by atoms with Crippen LogP contribution in [-0.4, -0.2) is 0 Å². The second kappa shape index (κ2) is 4.82. The smallest absolute Gasteiger partial charge is 0.0435 e. The summed E-state index contributed by atoms with van der Waals surface area (Å²) in [6.07, 6.45) is 0. The Kier molecular flexibility index (Phi) is 2.72. The molecular weight excluding hydrogens is 288 g/mol. The minimum Gasteiger partial charge on any atom is -0.0622 e. The van der Waals surface area contributed by atoms with Gasteiger partial charge in [0.15, 0.2) is 0 Å². The Hall–Kier alpha value is -2.86. The molecule has 1 aliphatic rings. The summed E-state index contributed by atoms with van der Waals surface area (Å²) >= 11 is 0. The lowest BCUT2D eigenvalue weighted by molar-refractivity contribution is 0.714. The van der Waals surface area contributed by atoms with Gasteiger partial charge in [0.25, 0.3) is 0 Å². The summed E-state index contributed by atoms with van der Waals surface area (Å²) in [5, 5.41) is 2.66. The SMILES string of the molecule is CC1(c2ccccc2)c2ccccc2-c2c1ccc1ccccc21. The van der Waals surface area contributed by atoms with Gasteiger partial charge in [-0.15, -0.1) is 0 Å². The number of benzene rings is 4. The van der Waals surface area contributed by atoms with Crippen LogP contribution in [0, 0.1) is 0 Å². The van der Waals surface area contributed by atoms with E-state index < -0.39 is 0 Å². The van der Waals surface area contributed by atoms with Crippen LogP contribution in [0.3, 0.4) is 0 Å². The molecule has 24 heavy (non-hydrogen) atoms. The first-order valence-corrected chi connectivity index (χ1v) is 8.48. The van der Waals surface area contributed by atoms with Crippen molar-refractivity contribution in [3.05, 3.63) is 108 Å². The Labute approximate surface area is 142 Å². The van der Waals surface area contributed by atoms with Gasteiger partial charge in [-0.2, -0.15) is 0 Å². The highest BCUT2D eigenvalue weighted by Gasteiger charge is 2.41. The van der Waals surface area contributed by atoms with Crippen LogP contribution in [0.15, 0.2) is 91.0 Å². The van der Waals surface area contributed by atoms with Crippen molar-refractivity contribution in [3.8, 4) is 11.1 Å². The minimum absolute atomic E-state index is 0.1000. The number of fused-ring (bicyclic) bond motifs is 5. The number of hydrogen-bond acceptors (Lipinski definition) is 0. The molecule has 0 saturated carbocycles. The predicted molar refractivity (Wildman–Crippen MR) is 101 cm³/mol. The third kappa shape index (κ3) is 1.63. The Bertz CT molecular complexity index is 1060. The molecule has 1 aliphatic carbocycles. The zero-order chi connectivity index (χ0) is 16.1. The van der Waals surface area contributed by atoms with Crippen molar-refractivity contribution in [1.82, 2.24) is 0 Å². The van der Waals surface area contributed by atoms with Gasteiger partial charge in [-0.25, -0.2) is 0 Å². The predicted octanol–water partition coefficient (Wildman–Crippen LogP) is 6.17. The fraction of sp³-hybridized carbons (Fsp3) is 0.0833. The molecule has 0 amide bonds. The van der Waals surface area contributed by atoms with Gasteiger partial charge in [-0.1, -0.05) is 91.0 Å². The average molecular weight is 306 g/mol. The summed E-state index contributed by atoms with van der Waals surface area (Å²) < 4.78 is 0. The summed E-state index contributed by atoms with van der Waals surface area (Å²) in [5.41, 5.74) is 6.84. The molecule has 0 radical (unpaired) electrons. The van der Waals surface area contributed by atoms with E-state index in [9.17, 15) is 0 Å². The van der Waals surface area contributed by atoms with Gasteiger partial charge in [0, 0.05) is 5.41 Å². The van der Waals surface area contributed by atoms with E-state index in [1.807, 2.05) is 0 Å². The first-order valence-electron chi connectivity index (χ1n) is 8.48. The highest BCUT2D eigenvalue weighted by molar-refractivity contribution is 6.03. The quantitative estimate of drug-likeness (QED) is 0.394. The van der Waals surface area contributed by atoms with E-state index in [1.165, 1.54) is 38.6 Å². The van der Waals surface area contributed by atoms with Crippen molar-refractivity contribution in [3.63, 3.8) is 0 Å². The molecule has 0 aliphatic heterocycles. The molecule has 0 saturated heterocycles. The first kappa shape index (κ1) is 13.6. The van der Waals surface area contributed by atoms with Gasteiger partial charge in [-0.05, 0) is 45.5 Å². The molecular formula is C24H18. The molecule has 114 valence electrons. The van der Waals surface area contributed by atoms with E-state index in [-0.39, 0.29) is 5.41 Å². The van der Waals surface area contributed by atoms with E-state index in [2.05, 4.69) is 97.9 Å². The standard InChI is InChI=1S/C24H18/c1-24(18-10-3-2-4-11-18)21-14-8-7-13-20(21)23-19-12-6-5-9-17(19)15-16-22(23)24/h2-16H,1H3. The summed E-state index contributed by atoms with van der Waals surface area (Å²) in [7, 11) is 0. The van der Waals surface area contributed by atoms with E-state index >= 15 is 0 Å². The Morgan fingerprint density at radius 3 is 2.17 bits per heavy atom. The molecule has 5 rings (SSSR count). The molecule has 0 nitrogen and oxygen atoms in total. The zero-order valence-corrected chi connectivity index (χ0v) is 13.7. The molecule has 0 bridgehead atoms. The number of hydrogen-bond donors (Lipinski definition) is 0. The highest BCUT2D eigenvalue weighted by Crippen LogP contribution is 2.54. The van der Waals surface area contributed by atoms with Crippen molar-refractivity contribution in [2.24, 2.45) is 0 Å². The summed E-state index contributed by atoms with van der Waals surface area (Å²) in [5.74, 6) is 0. The summed E-state index contributed by atoms with van der Waals surface area (Å²) in [6.45, 7) is 2.36. The molecule has 4 aromatic carbocycles. The van der Waals surface area contributed by atoms with Gasteiger partial charge < -0.3 is 0 Å². The van der Waals surface area contributed by atoms with Crippen LogP contribution in [0.4, 0.5) is 0 Å². The molecule has 0 N–H and O–H groups in total. The molecule has 0 spiro atoms. The van der Waals surface area contributed by atoms with E-state index in [0.29, 0.717) is 0 Å². The van der Waals surface area contributed by atoms with Crippen LogP contribution in [0.2, 0.25) is 0 Å². The lowest BCUT2D eigenvalue weighted by atomic mass is 9.74. The van der Waals surface area contributed by atoms with Crippen molar-refractivity contribution in [2.45, 2.75) is 12.3 Å². The van der Waals surface area contributed by atoms with Crippen LogP contribution < -0.4 is 0 Å². The van der Waals surface area contributed by atoms with Crippen LogP contribution in [-0.2, 0) is 5.41 Å². The summed E-state index contributed by atoms with van der Waals surface area (Å²) in [6, 6.07) is 33.1. The third-order valence-corrected chi connectivity index (χ3v) is 5.55. The molecule has 0 heteroatoms. The highest BCUT2D eigenvalue weighted by atomic mass is 14.4. The minimum atomic E-state index is -0.1000. The number of rotatable bonds is 1. The Morgan fingerprint density at radius 2 is 1.29 bits per heavy atom. The molecule has 1 unspecified atom stereocenters. The largest absolute Gasteiger partial charge is 0.0622 e. The van der Waals surface area contributed by atoms with Crippen LogP contribution in [0.5, 0.6) is 0 Å². The molecule has 0 aromatic heterocycles. The van der Waals surface area contributed by atoms with Gasteiger partial charge in [-0.3, -0.25) is 0 Å².